The summed E-state index contributed by atoms with van der Waals surface area (Å²) in [5.74, 6) is -0.0435. The van der Waals surface area contributed by atoms with Crippen molar-refractivity contribution in [2.75, 3.05) is 13.2 Å². The van der Waals surface area contributed by atoms with Crippen molar-refractivity contribution in [3.8, 4) is 0 Å². The van der Waals surface area contributed by atoms with Crippen LogP contribution in [0, 0.1) is 0 Å². The fourth-order valence-electron chi connectivity index (χ4n) is 9.64. The van der Waals surface area contributed by atoms with E-state index in [1.165, 1.54) is 257 Å². The Hall–Kier alpha value is -1.40. The minimum atomic E-state index is -0.672. The normalized spacial score (nSPS) is 12.6. The lowest BCUT2D eigenvalue weighted by Crippen LogP contribution is -2.45. The van der Waals surface area contributed by atoms with Gasteiger partial charge in [0, 0.05) is 12.8 Å². The number of carbonyl (C=O) groups excluding carboxylic acids is 2. The Labute approximate surface area is 419 Å². The van der Waals surface area contributed by atoms with E-state index >= 15 is 0 Å². The molecule has 0 saturated heterocycles. The molecule has 2 atom stereocenters. The van der Waals surface area contributed by atoms with E-state index in [-0.39, 0.29) is 18.5 Å². The molecule has 0 aromatic carbocycles. The molecule has 0 bridgehead atoms. The molecule has 0 aliphatic rings. The number of aliphatic hydroxyl groups is 2. The van der Waals surface area contributed by atoms with Crippen molar-refractivity contribution in [1.82, 2.24) is 5.32 Å². The number of aliphatic hydroxyl groups excluding tert-OH is 2. The van der Waals surface area contributed by atoms with Gasteiger partial charge in [-0.3, -0.25) is 9.59 Å². The van der Waals surface area contributed by atoms with Gasteiger partial charge in [0.1, 0.15) is 0 Å². The van der Waals surface area contributed by atoms with Gasteiger partial charge in [-0.25, -0.2) is 0 Å². The Morgan fingerprint density at radius 1 is 0.403 bits per heavy atom. The minimum Gasteiger partial charge on any atom is -0.466 e. The number of esters is 1. The third kappa shape index (κ3) is 53.8. The first-order valence-electron chi connectivity index (χ1n) is 30.4. The summed E-state index contributed by atoms with van der Waals surface area (Å²) in [6, 6.07) is -0.550. The summed E-state index contributed by atoms with van der Waals surface area (Å²) >= 11 is 0. The Bertz CT molecular complexity index is 1000. The highest BCUT2D eigenvalue weighted by atomic mass is 16.5. The quantitative estimate of drug-likeness (QED) is 0.0321. The average molecular weight is 947 g/mol. The molecule has 0 aliphatic carbocycles. The van der Waals surface area contributed by atoms with Gasteiger partial charge in [0.25, 0.3) is 0 Å². The lowest BCUT2D eigenvalue weighted by atomic mass is 10.0. The van der Waals surface area contributed by atoms with Crippen LogP contribution in [0.25, 0.3) is 0 Å². The molecule has 0 spiro atoms. The second kappa shape index (κ2) is 57.2. The predicted octanol–water partition coefficient (Wildman–Crippen LogP) is 18.9. The van der Waals surface area contributed by atoms with E-state index in [0.29, 0.717) is 25.9 Å². The molecule has 0 fully saturated rings. The van der Waals surface area contributed by atoms with Gasteiger partial charge >= 0.3 is 5.97 Å². The van der Waals surface area contributed by atoms with Gasteiger partial charge in [0.15, 0.2) is 0 Å². The van der Waals surface area contributed by atoms with Crippen LogP contribution in [-0.4, -0.2) is 47.4 Å². The van der Waals surface area contributed by atoms with Crippen LogP contribution in [0.4, 0.5) is 0 Å². The zero-order valence-corrected chi connectivity index (χ0v) is 45.4. The molecular formula is C61H119NO5. The summed E-state index contributed by atoms with van der Waals surface area (Å²) in [4.78, 5) is 24.5. The zero-order chi connectivity index (χ0) is 48.6. The molecule has 398 valence electrons. The van der Waals surface area contributed by atoms with Crippen molar-refractivity contribution in [2.45, 2.75) is 353 Å². The van der Waals surface area contributed by atoms with E-state index in [1.807, 2.05) is 0 Å². The molecule has 0 saturated carbocycles. The van der Waals surface area contributed by atoms with E-state index < -0.39 is 12.1 Å². The number of rotatable bonds is 57. The third-order valence-electron chi connectivity index (χ3n) is 14.3. The van der Waals surface area contributed by atoms with Gasteiger partial charge < -0.3 is 20.3 Å². The van der Waals surface area contributed by atoms with Crippen molar-refractivity contribution in [1.29, 1.82) is 0 Å². The summed E-state index contributed by atoms with van der Waals surface area (Å²) in [5.41, 5.74) is 0. The first kappa shape index (κ1) is 65.6. The van der Waals surface area contributed by atoms with Crippen molar-refractivity contribution in [3.05, 3.63) is 12.2 Å². The molecule has 0 aromatic rings. The first-order valence-corrected chi connectivity index (χ1v) is 30.4. The van der Waals surface area contributed by atoms with Crippen LogP contribution < -0.4 is 5.32 Å². The smallest absolute Gasteiger partial charge is 0.305 e. The van der Waals surface area contributed by atoms with Crippen molar-refractivity contribution < 1.29 is 24.5 Å². The van der Waals surface area contributed by atoms with Crippen LogP contribution in [0.2, 0.25) is 0 Å². The van der Waals surface area contributed by atoms with Crippen molar-refractivity contribution >= 4 is 11.9 Å². The number of unbranched alkanes of at least 4 members (excludes halogenated alkanes) is 44. The Morgan fingerprint density at radius 3 is 1.06 bits per heavy atom. The Morgan fingerprint density at radius 2 is 0.701 bits per heavy atom. The maximum absolute atomic E-state index is 12.5. The highest BCUT2D eigenvalue weighted by Crippen LogP contribution is 2.18. The summed E-state index contributed by atoms with van der Waals surface area (Å²) in [6.45, 7) is 4.96. The van der Waals surface area contributed by atoms with E-state index in [1.54, 1.807) is 0 Å². The molecule has 3 N–H and O–H groups in total. The summed E-state index contributed by atoms with van der Waals surface area (Å²) in [6.07, 6.45) is 67.8. The van der Waals surface area contributed by atoms with Crippen LogP contribution in [0.3, 0.4) is 0 Å². The van der Waals surface area contributed by atoms with Gasteiger partial charge in [0.2, 0.25) is 5.91 Å². The highest BCUT2D eigenvalue weighted by molar-refractivity contribution is 5.76. The van der Waals surface area contributed by atoms with Gasteiger partial charge in [-0.2, -0.15) is 0 Å². The number of hydrogen-bond acceptors (Lipinski definition) is 5. The molecule has 0 radical (unpaired) electrons. The molecule has 6 heteroatoms. The monoisotopic (exact) mass is 946 g/mol. The largest absolute Gasteiger partial charge is 0.466 e. The van der Waals surface area contributed by atoms with E-state index in [9.17, 15) is 19.8 Å². The van der Waals surface area contributed by atoms with Crippen LogP contribution in [0.5, 0.6) is 0 Å². The lowest BCUT2D eigenvalue weighted by Gasteiger charge is -2.22. The van der Waals surface area contributed by atoms with E-state index in [4.69, 9.17) is 4.74 Å². The van der Waals surface area contributed by atoms with Crippen LogP contribution >= 0.6 is 0 Å². The number of amides is 1. The fraction of sp³-hybridized carbons (Fsp3) is 0.934. The second-order valence-electron chi connectivity index (χ2n) is 21.0. The Balaban J connectivity index is 3.45. The van der Waals surface area contributed by atoms with Gasteiger partial charge in [-0.1, -0.05) is 289 Å². The topological polar surface area (TPSA) is 95.9 Å². The number of nitrogens with one attached hydrogen (secondary N) is 1. The zero-order valence-electron chi connectivity index (χ0n) is 45.4. The molecule has 0 aliphatic heterocycles. The number of ether oxygens (including phenoxy) is 1. The molecule has 0 aromatic heterocycles. The lowest BCUT2D eigenvalue weighted by molar-refractivity contribution is -0.143. The maximum atomic E-state index is 12.5. The summed E-state index contributed by atoms with van der Waals surface area (Å²) < 4.78 is 5.46. The van der Waals surface area contributed by atoms with Crippen LogP contribution in [-0.2, 0) is 14.3 Å². The summed E-state index contributed by atoms with van der Waals surface area (Å²) in [5, 5.41) is 23.4. The molecule has 0 rings (SSSR count). The first-order chi connectivity index (χ1) is 33.0. The van der Waals surface area contributed by atoms with Crippen molar-refractivity contribution in [3.63, 3.8) is 0 Å². The number of allylic oxidation sites excluding steroid dienone is 2. The average Bonchev–Trinajstić information content (AvgIpc) is 3.33. The third-order valence-corrected chi connectivity index (χ3v) is 14.3. The van der Waals surface area contributed by atoms with E-state index in [2.05, 4.69) is 31.3 Å². The van der Waals surface area contributed by atoms with Gasteiger partial charge in [-0.05, 0) is 51.4 Å². The van der Waals surface area contributed by atoms with Gasteiger partial charge in [-0.15, -0.1) is 0 Å². The van der Waals surface area contributed by atoms with E-state index in [0.717, 1.165) is 51.4 Å². The standard InChI is InChI=1S/C61H119NO5/c1-3-5-7-9-11-13-15-17-18-19-20-21-22-24-27-30-33-37-41-45-49-53-59(64)58(57-63)62-60(65)54-50-46-42-38-34-31-28-25-23-26-29-32-36-40-44-48-52-56-67-61(66)55-51-47-43-39-35-16-14-12-10-8-6-4-2/h23,26,58-59,63-64H,3-22,24-25,27-57H2,1-2H3,(H,62,65)/b26-23-. The molecule has 1 amide bonds. The SMILES string of the molecule is CCCCCCCCCCCCCCCCCCCCCCCC(O)C(CO)NC(=O)CCCCCCCCC/C=C\CCCCCCCCOC(=O)CCCCCCCCCCCCCC. The molecule has 2 unspecified atom stereocenters. The van der Waals surface area contributed by atoms with Crippen molar-refractivity contribution in [2.24, 2.45) is 0 Å². The van der Waals surface area contributed by atoms with Crippen LogP contribution in [0.1, 0.15) is 341 Å². The van der Waals surface area contributed by atoms with Crippen LogP contribution in [0.15, 0.2) is 12.2 Å². The number of hydrogen-bond donors (Lipinski definition) is 3. The Kier molecular flexibility index (Phi) is 56.0. The molecular weight excluding hydrogens is 827 g/mol. The summed E-state index contributed by atoms with van der Waals surface area (Å²) in [7, 11) is 0. The van der Waals surface area contributed by atoms with Gasteiger partial charge in [0.05, 0.1) is 25.4 Å². The number of carbonyl (C=O) groups is 2. The molecule has 6 nitrogen and oxygen atoms in total. The minimum absolute atomic E-state index is 0.000232. The molecule has 0 heterocycles. The molecule has 67 heavy (non-hydrogen) atoms. The maximum Gasteiger partial charge on any atom is 0.305 e. The predicted molar refractivity (Wildman–Crippen MR) is 292 cm³/mol. The second-order valence-corrected chi connectivity index (χ2v) is 21.0. The highest BCUT2D eigenvalue weighted by Gasteiger charge is 2.20. The fourth-order valence-corrected chi connectivity index (χ4v) is 9.64.